The van der Waals surface area contributed by atoms with Gasteiger partial charge in [-0.2, -0.15) is 0 Å². The second-order valence-electron chi connectivity index (χ2n) is 2.40. The summed E-state index contributed by atoms with van der Waals surface area (Å²) in [5.41, 5.74) is 4.90. The molecule has 0 aliphatic rings. The molecule has 0 saturated carbocycles. The zero-order chi connectivity index (χ0) is 8.57. The first-order valence-corrected chi connectivity index (χ1v) is 3.91. The number of hydrogen-bond acceptors (Lipinski definition) is 1. The molecular formula is C8H21NO. The minimum absolute atomic E-state index is 0. The smallest absolute Gasteiger partial charge is 0.217 e. The van der Waals surface area contributed by atoms with E-state index in [2.05, 4.69) is 13.8 Å². The summed E-state index contributed by atoms with van der Waals surface area (Å²) in [6.45, 7) is 8.14. The summed E-state index contributed by atoms with van der Waals surface area (Å²) in [7, 11) is 0. The van der Waals surface area contributed by atoms with Crippen LogP contribution in [0.1, 0.15) is 42.0 Å². The van der Waals surface area contributed by atoms with Crippen LogP contribution in [-0.4, -0.2) is 5.91 Å². The Bertz CT molecular complexity index is 84.2. The maximum absolute atomic E-state index is 10.1. The molecule has 0 aliphatic heterocycles. The zero-order valence-corrected chi connectivity index (χ0v) is 7.48. The molecule has 0 atom stereocenters. The van der Waals surface area contributed by atoms with Crippen molar-refractivity contribution in [1.82, 2.24) is 0 Å². The highest BCUT2D eigenvalue weighted by Crippen LogP contribution is 2.01. The summed E-state index contributed by atoms with van der Waals surface area (Å²) in [5.74, 6) is 0.390. The van der Waals surface area contributed by atoms with Crippen LogP contribution in [0.5, 0.6) is 0 Å². The van der Waals surface area contributed by atoms with Gasteiger partial charge in [0.15, 0.2) is 0 Å². The van der Waals surface area contributed by atoms with E-state index in [1.54, 1.807) is 0 Å². The first-order valence-electron chi connectivity index (χ1n) is 3.91. The Balaban J connectivity index is -0.000000196. The third-order valence-corrected chi connectivity index (χ3v) is 0.968. The molecule has 0 fully saturated rings. The Morgan fingerprint density at radius 2 is 1.90 bits per heavy atom. The molecule has 0 aliphatic carbocycles. The molecule has 0 aromatic rings. The molecule has 0 saturated heterocycles. The Labute approximate surface area is 65.3 Å². The predicted molar refractivity (Wildman–Crippen MR) is 46.7 cm³/mol. The van der Waals surface area contributed by atoms with Gasteiger partial charge in [-0.05, 0) is 12.3 Å². The van der Waals surface area contributed by atoms with Crippen LogP contribution in [0.15, 0.2) is 0 Å². The fraction of sp³-hybridized carbons (Fsp3) is 0.875. The zero-order valence-electron chi connectivity index (χ0n) is 7.48. The van der Waals surface area contributed by atoms with E-state index < -0.39 is 0 Å². The lowest BCUT2D eigenvalue weighted by molar-refractivity contribution is -0.118. The van der Waals surface area contributed by atoms with Crippen molar-refractivity contribution in [3.8, 4) is 0 Å². The van der Waals surface area contributed by atoms with Crippen molar-refractivity contribution < 1.29 is 6.22 Å². The summed E-state index contributed by atoms with van der Waals surface area (Å²) >= 11 is 0. The Morgan fingerprint density at radius 1 is 1.50 bits per heavy atom. The second kappa shape index (κ2) is 8.47. The van der Waals surface area contributed by atoms with Gasteiger partial charge in [0.1, 0.15) is 0 Å². The molecule has 2 N–H and O–H groups in total. The molecule has 0 unspecified atom stereocenters. The van der Waals surface area contributed by atoms with Gasteiger partial charge < -0.3 is 5.73 Å². The SMILES string of the molecule is CC.CC(C)CCC(N)=O.[HH]. The van der Waals surface area contributed by atoms with Crippen molar-refractivity contribution in [2.45, 2.75) is 40.5 Å². The molecule has 64 valence electrons. The average Bonchev–Trinajstić information content (AvgIpc) is 1.89. The first kappa shape index (κ1) is 12.2. The minimum atomic E-state index is -0.196. The minimum Gasteiger partial charge on any atom is -0.370 e. The summed E-state index contributed by atoms with van der Waals surface area (Å²) < 4.78 is 0. The number of carbonyl (C=O) groups excluding carboxylic acids is 1. The van der Waals surface area contributed by atoms with Crippen molar-refractivity contribution in [3.05, 3.63) is 0 Å². The highest BCUT2D eigenvalue weighted by molar-refractivity contribution is 5.73. The summed E-state index contributed by atoms with van der Waals surface area (Å²) in [6.07, 6.45) is 1.44. The first-order chi connectivity index (χ1) is 4.63. The number of amides is 1. The van der Waals surface area contributed by atoms with Crippen LogP contribution >= 0.6 is 0 Å². The number of primary amides is 1. The van der Waals surface area contributed by atoms with Crippen molar-refractivity contribution in [2.75, 3.05) is 0 Å². The lowest BCUT2D eigenvalue weighted by Gasteiger charge is -1.98. The van der Waals surface area contributed by atoms with Gasteiger partial charge in [-0.1, -0.05) is 27.7 Å². The van der Waals surface area contributed by atoms with E-state index in [4.69, 9.17) is 5.73 Å². The van der Waals surface area contributed by atoms with Crippen LogP contribution < -0.4 is 5.73 Å². The molecule has 2 nitrogen and oxygen atoms in total. The molecular weight excluding hydrogens is 126 g/mol. The average molecular weight is 147 g/mol. The number of rotatable bonds is 3. The van der Waals surface area contributed by atoms with Crippen LogP contribution in [0.25, 0.3) is 0 Å². The monoisotopic (exact) mass is 147 g/mol. The molecule has 0 rings (SSSR count). The van der Waals surface area contributed by atoms with Gasteiger partial charge in [0.25, 0.3) is 0 Å². The van der Waals surface area contributed by atoms with E-state index in [0.29, 0.717) is 12.3 Å². The van der Waals surface area contributed by atoms with Gasteiger partial charge in [0, 0.05) is 7.85 Å². The van der Waals surface area contributed by atoms with Crippen LogP contribution in [-0.2, 0) is 4.79 Å². The molecule has 0 aromatic heterocycles. The second-order valence-corrected chi connectivity index (χ2v) is 2.40. The van der Waals surface area contributed by atoms with E-state index in [1.165, 1.54) is 0 Å². The summed E-state index contributed by atoms with van der Waals surface area (Å²) in [5, 5.41) is 0. The van der Waals surface area contributed by atoms with E-state index in [0.717, 1.165) is 6.42 Å². The van der Waals surface area contributed by atoms with Crippen LogP contribution in [0, 0.1) is 5.92 Å². The normalized spacial score (nSPS) is 8.50. The maximum atomic E-state index is 10.1. The maximum Gasteiger partial charge on any atom is 0.217 e. The molecule has 0 radical (unpaired) electrons. The Hall–Kier alpha value is -0.530. The van der Waals surface area contributed by atoms with Gasteiger partial charge in [-0.25, -0.2) is 0 Å². The van der Waals surface area contributed by atoms with Crippen LogP contribution in [0.2, 0.25) is 0 Å². The number of nitrogens with two attached hydrogens (primary N) is 1. The standard InChI is InChI=1S/C6H13NO.C2H6.H2/c1-5(2)3-4-6(7)8;1-2;/h5H,3-4H2,1-2H3,(H2,7,8);1-2H3;1H. The van der Waals surface area contributed by atoms with Crippen molar-refractivity contribution in [1.29, 1.82) is 0 Å². The van der Waals surface area contributed by atoms with Gasteiger partial charge in [-0.3, -0.25) is 4.79 Å². The fourth-order valence-corrected chi connectivity index (χ4v) is 0.431. The van der Waals surface area contributed by atoms with Crippen molar-refractivity contribution in [3.63, 3.8) is 0 Å². The van der Waals surface area contributed by atoms with E-state index in [1.807, 2.05) is 13.8 Å². The molecule has 0 aromatic carbocycles. The predicted octanol–water partition coefficient (Wildman–Crippen LogP) is 2.18. The lowest BCUT2D eigenvalue weighted by atomic mass is 10.1. The number of carbonyl (C=O) groups is 1. The summed E-state index contributed by atoms with van der Waals surface area (Å²) in [4.78, 5) is 10.1. The summed E-state index contributed by atoms with van der Waals surface area (Å²) in [6, 6.07) is 0. The highest BCUT2D eigenvalue weighted by Gasteiger charge is 1.96. The van der Waals surface area contributed by atoms with E-state index >= 15 is 0 Å². The third-order valence-electron chi connectivity index (χ3n) is 0.968. The topological polar surface area (TPSA) is 43.1 Å². The molecule has 0 heterocycles. The van der Waals surface area contributed by atoms with Crippen molar-refractivity contribution in [2.24, 2.45) is 11.7 Å². The van der Waals surface area contributed by atoms with Gasteiger partial charge in [0.2, 0.25) is 5.91 Å². The molecule has 2 heteroatoms. The molecule has 1 amide bonds. The van der Waals surface area contributed by atoms with Gasteiger partial charge >= 0.3 is 0 Å². The highest BCUT2D eigenvalue weighted by atomic mass is 16.1. The van der Waals surface area contributed by atoms with Crippen molar-refractivity contribution >= 4 is 5.91 Å². The quantitative estimate of drug-likeness (QED) is 0.653. The Kier molecular flexibility index (Phi) is 10.3. The van der Waals surface area contributed by atoms with E-state index in [9.17, 15) is 4.79 Å². The van der Waals surface area contributed by atoms with E-state index in [-0.39, 0.29) is 7.33 Å². The number of hydrogen-bond donors (Lipinski definition) is 1. The molecule has 10 heavy (non-hydrogen) atoms. The third kappa shape index (κ3) is 15.6. The lowest BCUT2D eigenvalue weighted by Crippen LogP contribution is -2.10. The molecule has 0 spiro atoms. The van der Waals surface area contributed by atoms with Gasteiger partial charge in [0.05, 0.1) is 0 Å². The largest absolute Gasteiger partial charge is 0.370 e. The van der Waals surface area contributed by atoms with Crippen LogP contribution in [0.3, 0.4) is 0 Å². The van der Waals surface area contributed by atoms with Crippen LogP contribution in [0.4, 0.5) is 0 Å². The fourth-order valence-electron chi connectivity index (χ4n) is 0.431. The van der Waals surface area contributed by atoms with Gasteiger partial charge in [-0.15, -0.1) is 0 Å². The molecule has 0 bridgehead atoms. The Morgan fingerprint density at radius 3 is 2.00 bits per heavy atom.